The molecule has 0 bridgehead atoms. The van der Waals surface area contributed by atoms with Crippen molar-refractivity contribution in [2.75, 3.05) is 30.4 Å². The van der Waals surface area contributed by atoms with Crippen molar-refractivity contribution in [2.45, 2.75) is 26.3 Å². The minimum Gasteiger partial charge on any atom is -0.323 e. The number of hydrogen-bond acceptors (Lipinski definition) is 5. The molecule has 2 aromatic rings. The molecule has 1 aromatic heterocycles. The second kappa shape index (κ2) is 7.20. The van der Waals surface area contributed by atoms with Crippen LogP contribution in [0.25, 0.3) is 5.69 Å². The van der Waals surface area contributed by atoms with E-state index < -0.39 is 9.84 Å². The number of sulfone groups is 1. The SMILES string of the molecule is Cc1ccc(-n2cc(C)cn2)c(NC(=O)CN(C)[C@H]2CCS(=O)(=O)C2)c1. The summed E-state index contributed by atoms with van der Waals surface area (Å²) in [5, 5.41) is 7.26. The lowest BCUT2D eigenvalue weighted by Gasteiger charge is -2.22. The average molecular weight is 376 g/mol. The van der Waals surface area contributed by atoms with Gasteiger partial charge in [-0.1, -0.05) is 6.07 Å². The van der Waals surface area contributed by atoms with Crippen molar-refractivity contribution in [1.82, 2.24) is 14.7 Å². The van der Waals surface area contributed by atoms with Gasteiger partial charge in [-0.15, -0.1) is 0 Å². The van der Waals surface area contributed by atoms with Gasteiger partial charge in [0.2, 0.25) is 5.91 Å². The lowest BCUT2D eigenvalue weighted by Crippen LogP contribution is -2.38. The molecule has 0 radical (unpaired) electrons. The molecule has 0 saturated carbocycles. The number of carbonyl (C=O) groups is 1. The molecule has 1 N–H and O–H groups in total. The number of aryl methyl sites for hydroxylation is 2. The molecule has 1 saturated heterocycles. The Balaban J connectivity index is 1.72. The monoisotopic (exact) mass is 376 g/mol. The second-order valence-electron chi connectivity index (χ2n) is 7.00. The highest BCUT2D eigenvalue weighted by atomic mass is 32.2. The molecule has 0 aliphatic carbocycles. The van der Waals surface area contributed by atoms with Crippen molar-refractivity contribution >= 4 is 21.4 Å². The van der Waals surface area contributed by atoms with Gasteiger partial charge in [0.25, 0.3) is 0 Å². The summed E-state index contributed by atoms with van der Waals surface area (Å²) in [5.74, 6) is 0.149. The number of anilines is 1. The van der Waals surface area contributed by atoms with E-state index in [1.165, 1.54) is 0 Å². The number of benzene rings is 1. The summed E-state index contributed by atoms with van der Waals surface area (Å²) in [4.78, 5) is 14.3. The highest BCUT2D eigenvalue weighted by molar-refractivity contribution is 7.91. The fourth-order valence-corrected chi connectivity index (χ4v) is 4.97. The zero-order valence-electron chi connectivity index (χ0n) is 15.3. The number of rotatable bonds is 5. The molecule has 7 nitrogen and oxygen atoms in total. The van der Waals surface area contributed by atoms with E-state index in [1.807, 2.05) is 43.1 Å². The quantitative estimate of drug-likeness (QED) is 0.856. The van der Waals surface area contributed by atoms with Crippen molar-refractivity contribution in [3.05, 3.63) is 41.7 Å². The summed E-state index contributed by atoms with van der Waals surface area (Å²) in [6.07, 6.45) is 4.24. The Morgan fingerprint density at radius 3 is 2.73 bits per heavy atom. The number of aromatic nitrogens is 2. The number of carbonyl (C=O) groups excluding carboxylic acids is 1. The van der Waals surface area contributed by atoms with Crippen LogP contribution >= 0.6 is 0 Å². The molecule has 1 aliphatic heterocycles. The molecule has 8 heteroatoms. The van der Waals surface area contributed by atoms with Crippen LogP contribution in [-0.2, 0) is 14.6 Å². The van der Waals surface area contributed by atoms with Crippen molar-refractivity contribution in [3.8, 4) is 5.69 Å². The van der Waals surface area contributed by atoms with Crippen molar-refractivity contribution in [1.29, 1.82) is 0 Å². The molecule has 26 heavy (non-hydrogen) atoms. The maximum Gasteiger partial charge on any atom is 0.238 e. The van der Waals surface area contributed by atoms with Gasteiger partial charge in [0.05, 0.1) is 35.6 Å². The molecule has 0 spiro atoms. The third-order valence-electron chi connectivity index (χ3n) is 4.61. The van der Waals surface area contributed by atoms with Crippen LogP contribution in [0.1, 0.15) is 17.5 Å². The minimum absolute atomic E-state index is 0.100. The highest BCUT2D eigenvalue weighted by Crippen LogP contribution is 2.22. The van der Waals surface area contributed by atoms with Crippen LogP contribution in [0.5, 0.6) is 0 Å². The second-order valence-corrected chi connectivity index (χ2v) is 9.23. The summed E-state index contributed by atoms with van der Waals surface area (Å²) in [6, 6.07) is 5.70. The summed E-state index contributed by atoms with van der Waals surface area (Å²) in [7, 11) is -1.18. The predicted molar refractivity (Wildman–Crippen MR) is 101 cm³/mol. The summed E-state index contributed by atoms with van der Waals surface area (Å²) < 4.78 is 25.0. The van der Waals surface area contributed by atoms with Crippen LogP contribution in [0.2, 0.25) is 0 Å². The smallest absolute Gasteiger partial charge is 0.238 e. The van der Waals surface area contributed by atoms with Gasteiger partial charge in [0.1, 0.15) is 0 Å². The summed E-state index contributed by atoms with van der Waals surface area (Å²) in [5.41, 5.74) is 3.54. The van der Waals surface area contributed by atoms with Gasteiger partial charge in [0, 0.05) is 12.2 Å². The molecule has 2 heterocycles. The van der Waals surface area contributed by atoms with Gasteiger partial charge >= 0.3 is 0 Å². The van der Waals surface area contributed by atoms with Gasteiger partial charge in [-0.25, -0.2) is 13.1 Å². The lowest BCUT2D eigenvalue weighted by molar-refractivity contribution is -0.117. The van der Waals surface area contributed by atoms with E-state index in [1.54, 1.807) is 17.9 Å². The molecular weight excluding hydrogens is 352 g/mol. The van der Waals surface area contributed by atoms with Crippen LogP contribution in [0.15, 0.2) is 30.6 Å². The standard InChI is InChI=1S/C18H24N4O3S/c1-13-4-5-17(22-10-14(2)9-19-22)16(8-13)20-18(23)11-21(3)15-6-7-26(24,25)12-15/h4-5,8-10,15H,6-7,11-12H2,1-3H3,(H,20,23)/t15-/m0/s1. The minimum atomic E-state index is -2.97. The lowest BCUT2D eigenvalue weighted by atomic mass is 10.2. The van der Waals surface area contributed by atoms with Crippen LogP contribution in [0.3, 0.4) is 0 Å². The first-order valence-electron chi connectivity index (χ1n) is 8.56. The highest BCUT2D eigenvalue weighted by Gasteiger charge is 2.31. The zero-order valence-corrected chi connectivity index (χ0v) is 16.1. The molecule has 1 aromatic carbocycles. The van der Waals surface area contributed by atoms with Gasteiger partial charge in [-0.05, 0) is 50.6 Å². The van der Waals surface area contributed by atoms with E-state index in [0.717, 1.165) is 16.8 Å². The van der Waals surface area contributed by atoms with Crippen LogP contribution < -0.4 is 5.32 Å². The van der Waals surface area contributed by atoms with Gasteiger partial charge < -0.3 is 5.32 Å². The Labute approximate surface area is 153 Å². The zero-order chi connectivity index (χ0) is 18.9. The number of amides is 1. The summed E-state index contributed by atoms with van der Waals surface area (Å²) >= 11 is 0. The first kappa shape index (κ1) is 18.6. The van der Waals surface area contributed by atoms with Crippen molar-refractivity contribution in [2.24, 2.45) is 0 Å². The Bertz CT molecular complexity index is 920. The molecular formula is C18H24N4O3S. The summed E-state index contributed by atoms with van der Waals surface area (Å²) in [6.45, 7) is 4.07. The van der Waals surface area contributed by atoms with Crippen LogP contribution in [0, 0.1) is 13.8 Å². The number of hydrogen-bond donors (Lipinski definition) is 1. The topological polar surface area (TPSA) is 84.3 Å². The van der Waals surface area contributed by atoms with Gasteiger partial charge in [-0.2, -0.15) is 5.10 Å². The number of nitrogens with zero attached hydrogens (tertiary/aromatic N) is 3. The van der Waals surface area contributed by atoms with Gasteiger partial charge in [-0.3, -0.25) is 9.69 Å². The largest absolute Gasteiger partial charge is 0.323 e. The van der Waals surface area contributed by atoms with E-state index in [0.29, 0.717) is 12.1 Å². The normalized spacial score (nSPS) is 19.0. The van der Waals surface area contributed by atoms with Crippen molar-refractivity contribution < 1.29 is 13.2 Å². The van der Waals surface area contributed by atoms with E-state index in [9.17, 15) is 13.2 Å². The average Bonchev–Trinajstić information content (AvgIpc) is 3.13. The Kier molecular flexibility index (Phi) is 5.15. The maximum atomic E-state index is 12.5. The van der Waals surface area contributed by atoms with E-state index in [-0.39, 0.29) is 30.0 Å². The van der Waals surface area contributed by atoms with E-state index in [2.05, 4.69) is 10.4 Å². The molecule has 140 valence electrons. The predicted octanol–water partition coefficient (Wildman–Crippen LogP) is 1.55. The van der Waals surface area contributed by atoms with Crippen LogP contribution in [-0.4, -0.2) is 60.1 Å². The van der Waals surface area contributed by atoms with Gasteiger partial charge in [0.15, 0.2) is 9.84 Å². The third kappa shape index (κ3) is 4.31. The van der Waals surface area contributed by atoms with Crippen molar-refractivity contribution in [3.63, 3.8) is 0 Å². The molecule has 3 rings (SSSR count). The Morgan fingerprint density at radius 2 is 2.12 bits per heavy atom. The first-order valence-corrected chi connectivity index (χ1v) is 10.4. The molecule has 1 fully saturated rings. The number of likely N-dealkylation sites (N-methyl/N-ethyl adjacent to an activating group) is 1. The number of nitrogens with one attached hydrogen (secondary N) is 1. The first-order chi connectivity index (χ1) is 12.2. The maximum absolute atomic E-state index is 12.5. The molecule has 0 unspecified atom stereocenters. The molecule has 1 aliphatic rings. The fraction of sp³-hybridized carbons (Fsp3) is 0.444. The van der Waals surface area contributed by atoms with E-state index in [4.69, 9.17) is 0 Å². The molecule has 1 amide bonds. The Morgan fingerprint density at radius 1 is 1.35 bits per heavy atom. The van der Waals surface area contributed by atoms with Crippen LogP contribution in [0.4, 0.5) is 5.69 Å². The third-order valence-corrected chi connectivity index (χ3v) is 6.36. The Hall–Kier alpha value is -2.19. The van der Waals surface area contributed by atoms with E-state index >= 15 is 0 Å². The fourth-order valence-electron chi connectivity index (χ4n) is 3.16. The molecule has 1 atom stereocenters.